The molecule has 10 heteroatoms. The number of thioether (sulfide) groups is 1. The van der Waals surface area contributed by atoms with Crippen molar-refractivity contribution in [3.05, 3.63) is 42.5 Å². The number of carbonyl (C=O) groups excluding carboxylic acids is 1. The van der Waals surface area contributed by atoms with Gasteiger partial charge in [-0.3, -0.25) is 4.79 Å². The normalized spacial score (nSPS) is 12.1. The first kappa shape index (κ1) is 18.0. The fraction of sp³-hybridized carbons (Fsp3) is 0.167. The summed E-state index contributed by atoms with van der Waals surface area (Å²) in [6.45, 7) is 0.186. The first-order valence-electron chi connectivity index (χ1n) is 8.43. The third-order valence-corrected chi connectivity index (χ3v) is 4.97. The van der Waals surface area contributed by atoms with E-state index in [0.717, 1.165) is 0 Å². The van der Waals surface area contributed by atoms with Crippen LogP contribution in [0.4, 0.5) is 5.69 Å². The Hall–Kier alpha value is -3.40. The monoisotopic (exact) mass is 399 g/mol. The Labute approximate surface area is 164 Å². The molecule has 1 aliphatic heterocycles. The molecule has 4 rings (SSSR count). The summed E-state index contributed by atoms with van der Waals surface area (Å²) in [5.74, 6) is 8.05. The van der Waals surface area contributed by atoms with Crippen molar-refractivity contribution in [2.24, 2.45) is 0 Å². The van der Waals surface area contributed by atoms with Crippen LogP contribution in [0.5, 0.6) is 17.2 Å². The molecular weight excluding hydrogens is 382 g/mol. The second-order valence-corrected chi connectivity index (χ2v) is 6.97. The minimum atomic E-state index is -0.143. The van der Waals surface area contributed by atoms with E-state index in [2.05, 4.69) is 15.5 Å². The molecule has 0 atom stereocenters. The number of nitrogens with one attached hydrogen (secondary N) is 1. The van der Waals surface area contributed by atoms with Crippen LogP contribution < -0.4 is 20.6 Å². The highest BCUT2D eigenvalue weighted by Gasteiger charge is 2.16. The first-order chi connectivity index (χ1) is 13.6. The SMILES string of the molecule is Nn1c(SCCC(=O)Nc2ccc3c(c2)OCO3)nnc1-c1ccccc1O. The van der Waals surface area contributed by atoms with Gasteiger partial charge in [0.25, 0.3) is 0 Å². The maximum atomic E-state index is 12.2. The molecule has 0 unspecified atom stereocenters. The molecule has 144 valence electrons. The number of hydrogen-bond acceptors (Lipinski definition) is 8. The van der Waals surface area contributed by atoms with Gasteiger partial charge in [0.05, 0.1) is 5.56 Å². The number of aromatic hydroxyl groups is 1. The molecule has 2 aromatic carbocycles. The summed E-state index contributed by atoms with van der Waals surface area (Å²) < 4.78 is 11.8. The number of anilines is 1. The Kier molecular flexibility index (Phi) is 4.94. The summed E-state index contributed by atoms with van der Waals surface area (Å²) in [5, 5.41) is 21.3. The molecule has 0 radical (unpaired) electrons. The van der Waals surface area contributed by atoms with Gasteiger partial charge in [0.2, 0.25) is 17.9 Å². The number of nitrogens with zero attached hydrogens (tertiary/aromatic N) is 3. The lowest BCUT2D eigenvalue weighted by Crippen LogP contribution is -2.14. The Balaban J connectivity index is 1.33. The fourth-order valence-electron chi connectivity index (χ4n) is 2.65. The molecular formula is C18H17N5O4S. The van der Waals surface area contributed by atoms with Gasteiger partial charge in [0, 0.05) is 23.9 Å². The summed E-state index contributed by atoms with van der Waals surface area (Å²) in [5.41, 5.74) is 1.13. The smallest absolute Gasteiger partial charge is 0.231 e. The number of nitrogens with two attached hydrogens (primary N) is 1. The zero-order chi connectivity index (χ0) is 19.5. The lowest BCUT2D eigenvalue weighted by molar-refractivity contribution is -0.115. The number of phenolic OH excluding ortho intramolecular Hbond substituents is 1. The van der Waals surface area contributed by atoms with E-state index in [-0.39, 0.29) is 24.9 Å². The molecule has 0 bridgehead atoms. The van der Waals surface area contributed by atoms with E-state index in [1.54, 1.807) is 42.5 Å². The Morgan fingerprint density at radius 3 is 2.89 bits per heavy atom. The number of para-hydroxylation sites is 1. The molecule has 0 saturated heterocycles. The number of rotatable bonds is 6. The molecule has 0 spiro atoms. The van der Waals surface area contributed by atoms with E-state index in [0.29, 0.717) is 39.5 Å². The van der Waals surface area contributed by atoms with Crippen molar-refractivity contribution in [2.75, 3.05) is 23.7 Å². The predicted octanol–water partition coefficient (Wildman–Crippen LogP) is 2.21. The minimum absolute atomic E-state index is 0.0706. The highest BCUT2D eigenvalue weighted by atomic mass is 32.2. The van der Waals surface area contributed by atoms with Crippen LogP contribution in [0.2, 0.25) is 0 Å². The third-order valence-electron chi connectivity index (χ3n) is 4.03. The van der Waals surface area contributed by atoms with Gasteiger partial charge in [-0.25, -0.2) is 4.68 Å². The number of carbonyl (C=O) groups is 1. The van der Waals surface area contributed by atoms with Crippen LogP contribution in [-0.4, -0.2) is 38.4 Å². The van der Waals surface area contributed by atoms with Crippen LogP contribution >= 0.6 is 11.8 Å². The average molecular weight is 399 g/mol. The van der Waals surface area contributed by atoms with Crippen molar-refractivity contribution < 1.29 is 19.4 Å². The van der Waals surface area contributed by atoms with Gasteiger partial charge >= 0.3 is 0 Å². The predicted molar refractivity (Wildman–Crippen MR) is 104 cm³/mol. The van der Waals surface area contributed by atoms with Gasteiger partial charge in [-0.1, -0.05) is 23.9 Å². The fourth-order valence-corrected chi connectivity index (χ4v) is 3.45. The molecule has 0 aliphatic carbocycles. The summed E-state index contributed by atoms with van der Waals surface area (Å²) in [7, 11) is 0. The highest BCUT2D eigenvalue weighted by molar-refractivity contribution is 7.99. The molecule has 9 nitrogen and oxygen atoms in total. The van der Waals surface area contributed by atoms with E-state index in [1.807, 2.05) is 0 Å². The molecule has 1 aromatic heterocycles. The number of fused-ring (bicyclic) bond motifs is 1. The van der Waals surface area contributed by atoms with Crippen molar-refractivity contribution >= 4 is 23.4 Å². The zero-order valence-corrected chi connectivity index (χ0v) is 15.5. The molecule has 2 heterocycles. The van der Waals surface area contributed by atoms with Crippen molar-refractivity contribution in [1.29, 1.82) is 0 Å². The van der Waals surface area contributed by atoms with E-state index in [4.69, 9.17) is 15.3 Å². The zero-order valence-electron chi connectivity index (χ0n) is 14.7. The largest absolute Gasteiger partial charge is 0.507 e. The Bertz CT molecular complexity index is 1020. The second-order valence-electron chi connectivity index (χ2n) is 5.91. The lowest BCUT2D eigenvalue weighted by atomic mass is 10.2. The van der Waals surface area contributed by atoms with Crippen molar-refractivity contribution in [1.82, 2.24) is 14.9 Å². The van der Waals surface area contributed by atoms with Gasteiger partial charge in [-0.15, -0.1) is 10.2 Å². The standard InChI is InChI=1S/C18H17N5O4S/c19-23-17(12-3-1-2-4-13(12)24)21-22-18(23)28-8-7-16(25)20-11-5-6-14-15(9-11)27-10-26-14/h1-6,9,24H,7-8,10,19H2,(H,20,25). The Morgan fingerprint density at radius 2 is 2.04 bits per heavy atom. The van der Waals surface area contributed by atoms with Crippen molar-refractivity contribution in [2.45, 2.75) is 11.6 Å². The van der Waals surface area contributed by atoms with E-state index < -0.39 is 0 Å². The molecule has 4 N–H and O–H groups in total. The van der Waals surface area contributed by atoms with Crippen LogP contribution in [-0.2, 0) is 4.79 Å². The minimum Gasteiger partial charge on any atom is -0.507 e. The molecule has 0 fully saturated rings. The molecule has 28 heavy (non-hydrogen) atoms. The number of nitrogen functional groups attached to an aromatic ring is 1. The summed E-state index contributed by atoms with van der Waals surface area (Å²) in [6, 6.07) is 12.0. The number of hydrogen-bond donors (Lipinski definition) is 3. The van der Waals surface area contributed by atoms with Crippen LogP contribution in [0.1, 0.15) is 6.42 Å². The molecule has 0 saturated carbocycles. The van der Waals surface area contributed by atoms with Gasteiger partial charge < -0.3 is 25.7 Å². The van der Waals surface area contributed by atoms with Crippen molar-refractivity contribution in [3.63, 3.8) is 0 Å². The summed E-state index contributed by atoms with van der Waals surface area (Å²) in [4.78, 5) is 12.2. The van der Waals surface area contributed by atoms with Gasteiger partial charge in [-0.2, -0.15) is 0 Å². The number of aromatic nitrogens is 3. The second kappa shape index (κ2) is 7.69. The van der Waals surface area contributed by atoms with Gasteiger partial charge in [-0.05, 0) is 24.3 Å². The summed E-state index contributed by atoms with van der Waals surface area (Å²) >= 11 is 1.30. The number of amides is 1. The van der Waals surface area contributed by atoms with Gasteiger partial charge in [0.15, 0.2) is 17.3 Å². The molecule has 3 aromatic rings. The first-order valence-corrected chi connectivity index (χ1v) is 9.41. The molecule has 1 aliphatic rings. The topological polar surface area (TPSA) is 125 Å². The third kappa shape index (κ3) is 3.67. The highest BCUT2D eigenvalue weighted by Crippen LogP contribution is 2.34. The maximum absolute atomic E-state index is 12.2. The van der Waals surface area contributed by atoms with Crippen molar-refractivity contribution in [3.8, 4) is 28.6 Å². The van der Waals surface area contributed by atoms with Crippen LogP contribution in [0, 0.1) is 0 Å². The Morgan fingerprint density at radius 1 is 1.21 bits per heavy atom. The van der Waals surface area contributed by atoms with E-state index in [9.17, 15) is 9.90 Å². The number of phenols is 1. The van der Waals surface area contributed by atoms with Crippen LogP contribution in [0.25, 0.3) is 11.4 Å². The average Bonchev–Trinajstić information content (AvgIpc) is 3.29. The maximum Gasteiger partial charge on any atom is 0.231 e. The van der Waals surface area contributed by atoms with E-state index in [1.165, 1.54) is 16.4 Å². The lowest BCUT2D eigenvalue weighted by Gasteiger charge is -2.07. The van der Waals surface area contributed by atoms with Gasteiger partial charge in [0.1, 0.15) is 5.75 Å². The quantitative estimate of drug-likeness (QED) is 0.426. The van der Waals surface area contributed by atoms with Crippen LogP contribution in [0.15, 0.2) is 47.6 Å². The van der Waals surface area contributed by atoms with Crippen LogP contribution in [0.3, 0.4) is 0 Å². The number of benzene rings is 2. The number of ether oxygens (including phenoxy) is 2. The molecule has 1 amide bonds. The van der Waals surface area contributed by atoms with E-state index >= 15 is 0 Å². The summed E-state index contributed by atoms with van der Waals surface area (Å²) in [6.07, 6.45) is 0.262.